The van der Waals surface area contributed by atoms with Gasteiger partial charge in [0.25, 0.3) is 0 Å². The molecule has 0 bridgehead atoms. The Bertz CT molecular complexity index is 525. The number of hydrogen-bond donors (Lipinski definition) is 2. The number of nitrogens with one attached hydrogen (secondary N) is 1. The van der Waals surface area contributed by atoms with E-state index >= 15 is 0 Å². The van der Waals surface area contributed by atoms with Crippen LogP contribution < -0.4 is 15.8 Å². The quantitative estimate of drug-likeness (QED) is 0.802. The van der Waals surface area contributed by atoms with Crippen LogP contribution >= 0.6 is 23.3 Å². The molecule has 1 aromatic carbocycles. The number of ether oxygens (including phenoxy) is 1. The smallest absolute Gasteiger partial charge is 0.153 e. The first-order valence-electron chi connectivity index (χ1n) is 5.90. The Balaban J connectivity index is 1.88. The summed E-state index contributed by atoms with van der Waals surface area (Å²) in [4.78, 5) is 1.04. The van der Waals surface area contributed by atoms with Gasteiger partial charge in [0, 0.05) is 6.54 Å². The van der Waals surface area contributed by atoms with Crippen molar-refractivity contribution in [1.82, 2.24) is 4.37 Å². The molecule has 0 unspecified atom stereocenters. The molecule has 0 spiro atoms. The number of methoxy groups -OCH3 is 1. The summed E-state index contributed by atoms with van der Waals surface area (Å²) in [7, 11) is 1.68. The largest absolute Gasteiger partial charge is 0.497 e. The third-order valence-corrected chi connectivity index (χ3v) is 4.51. The molecule has 3 N–H and O–H groups in total. The molecule has 2 aromatic rings. The zero-order valence-electron chi connectivity index (χ0n) is 11.0. The minimum Gasteiger partial charge on any atom is -0.497 e. The topological polar surface area (TPSA) is 60.2 Å². The molecular weight excluding hydrogens is 278 g/mol. The number of nitrogens with two attached hydrogens (primary N) is 1. The van der Waals surface area contributed by atoms with E-state index in [0.717, 1.165) is 28.6 Å². The van der Waals surface area contributed by atoms with Gasteiger partial charge in [-0.1, -0.05) is 12.1 Å². The van der Waals surface area contributed by atoms with E-state index in [2.05, 4.69) is 21.8 Å². The van der Waals surface area contributed by atoms with Crippen LogP contribution in [0.25, 0.3) is 0 Å². The number of benzene rings is 1. The van der Waals surface area contributed by atoms with Gasteiger partial charge >= 0.3 is 0 Å². The Kier molecular flexibility index (Phi) is 4.93. The number of nitrogens with zero attached hydrogens (tertiary/aromatic N) is 1. The lowest BCUT2D eigenvalue weighted by molar-refractivity contribution is 0.414. The van der Waals surface area contributed by atoms with Gasteiger partial charge in [-0.05, 0) is 41.9 Å². The van der Waals surface area contributed by atoms with Crippen LogP contribution in [0.5, 0.6) is 5.75 Å². The van der Waals surface area contributed by atoms with Crippen molar-refractivity contribution in [2.75, 3.05) is 31.0 Å². The summed E-state index contributed by atoms with van der Waals surface area (Å²) in [6.45, 7) is 0.863. The molecule has 4 nitrogen and oxygen atoms in total. The van der Waals surface area contributed by atoms with Gasteiger partial charge in [-0.25, -0.2) is 0 Å². The predicted octanol–water partition coefficient (Wildman–Crippen LogP) is 3.11. The maximum Gasteiger partial charge on any atom is 0.153 e. The number of aromatic nitrogens is 1. The maximum absolute atomic E-state index is 5.79. The molecule has 0 aliphatic carbocycles. The molecule has 6 heteroatoms. The van der Waals surface area contributed by atoms with E-state index in [0.29, 0.717) is 5.82 Å². The SMILES string of the molecule is COc1ccc(CCNc2snc(N)c2SC)cc1. The van der Waals surface area contributed by atoms with Gasteiger partial charge in [0.2, 0.25) is 0 Å². The minimum absolute atomic E-state index is 0.615. The van der Waals surface area contributed by atoms with E-state index in [1.54, 1.807) is 18.9 Å². The second-order valence-corrected chi connectivity index (χ2v) is 5.54. The average molecular weight is 295 g/mol. The van der Waals surface area contributed by atoms with Gasteiger partial charge in [-0.2, -0.15) is 4.37 Å². The Labute approximate surface area is 121 Å². The van der Waals surface area contributed by atoms with Gasteiger partial charge in [-0.15, -0.1) is 11.8 Å². The van der Waals surface area contributed by atoms with Crippen LogP contribution in [0.15, 0.2) is 29.2 Å². The van der Waals surface area contributed by atoms with Crippen LogP contribution in [0.2, 0.25) is 0 Å². The van der Waals surface area contributed by atoms with Crippen molar-refractivity contribution in [3.05, 3.63) is 29.8 Å². The van der Waals surface area contributed by atoms with Crippen LogP contribution in [-0.2, 0) is 6.42 Å². The first-order chi connectivity index (χ1) is 9.24. The molecule has 0 aliphatic heterocycles. The van der Waals surface area contributed by atoms with Crippen LogP contribution in [0, 0.1) is 0 Å². The zero-order chi connectivity index (χ0) is 13.7. The first-order valence-corrected chi connectivity index (χ1v) is 7.90. The lowest BCUT2D eigenvalue weighted by Gasteiger charge is -2.06. The van der Waals surface area contributed by atoms with E-state index in [1.165, 1.54) is 17.1 Å². The molecule has 2 rings (SSSR count). The molecule has 19 heavy (non-hydrogen) atoms. The van der Waals surface area contributed by atoms with Crippen LogP contribution in [-0.4, -0.2) is 24.3 Å². The molecular formula is C13H17N3OS2. The fraction of sp³-hybridized carbons (Fsp3) is 0.308. The number of nitrogen functional groups attached to an aromatic ring is 1. The molecule has 1 aromatic heterocycles. The van der Waals surface area contributed by atoms with Crippen LogP contribution in [0.1, 0.15) is 5.56 Å². The van der Waals surface area contributed by atoms with Crippen LogP contribution in [0.4, 0.5) is 10.8 Å². The summed E-state index contributed by atoms with van der Waals surface area (Å²) in [5.74, 6) is 1.50. The van der Waals surface area contributed by atoms with Crippen molar-refractivity contribution in [2.45, 2.75) is 11.3 Å². The highest BCUT2D eigenvalue weighted by Crippen LogP contribution is 2.34. The Hall–Kier alpha value is -1.40. The lowest BCUT2D eigenvalue weighted by atomic mass is 10.1. The number of anilines is 2. The molecule has 1 heterocycles. The molecule has 0 amide bonds. The summed E-state index contributed by atoms with van der Waals surface area (Å²) in [6, 6.07) is 8.12. The standard InChI is InChI=1S/C13H17N3OS2/c1-17-10-5-3-9(4-6-10)7-8-15-13-11(18-2)12(14)16-19-13/h3-6,15H,7-8H2,1-2H3,(H2,14,16). The third kappa shape index (κ3) is 3.54. The summed E-state index contributed by atoms with van der Waals surface area (Å²) in [5, 5.41) is 4.44. The molecule has 0 saturated carbocycles. The minimum atomic E-state index is 0.615. The second kappa shape index (κ2) is 6.68. The lowest BCUT2D eigenvalue weighted by Crippen LogP contribution is -2.04. The van der Waals surface area contributed by atoms with Crippen molar-refractivity contribution in [2.24, 2.45) is 0 Å². The predicted molar refractivity (Wildman–Crippen MR) is 83.5 cm³/mol. The monoisotopic (exact) mass is 295 g/mol. The van der Waals surface area contributed by atoms with Gasteiger partial charge in [0.15, 0.2) is 5.82 Å². The van der Waals surface area contributed by atoms with E-state index in [1.807, 2.05) is 18.4 Å². The third-order valence-electron chi connectivity index (χ3n) is 2.74. The van der Waals surface area contributed by atoms with E-state index in [4.69, 9.17) is 10.5 Å². The second-order valence-electron chi connectivity index (χ2n) is 3.96. The normalized spacial score (nSPS) is 10.4. The van der Waals surface area contributed by atoms with Crippen molar-refractivity contribution in [1.29, 1.82) is 0 Å². The van der Waals surface area contributed by atoms with Gasteiger partial charge in [0.05, 0.1) is 12.0 Å². The fourth-order valence-electron chi connectivity index (χ4n) is 1.72. The Morgan fingerprint density at radius 1 is 1.37 bits per heavy atom. The Morgan fingerprint density at radius 2 is 2.11 bits per heavy atom. The summed E-state index contributed by atoms with van der Waals surface area (Å²) in [5.41, 5.74) is 7.07. The molecule has 0 atom stereocenters. The molecule has 0 radical (unpaired) electrons. The first kappa shape index (κ1) is 14.0. The molecule has 0 fully saturated rings. The summed E-state index contributed by atoms with van der Waals surface area (Å²) in [6.07, 6.45) is 2.96. The fourth-order valence-corrected chi connectivity index (χ4v) is 3.28. The number of hydrogen-bond acceptors (Lipinski definition) is 6. The van der Waals surface area contributed by atoms with E-state index in [9.17, 15) is 0 Å². The molecule has 0 saturated heterocycles. The molecule has 102 valence electrons. The maximum atomic E-state index is 5.79. The number of thioether (sulfide) groups is 1. The van der Waals surface area contributed by atoms with Crippen LogP contribution in [0.3, 0.4) is 0 Å². The highest BCUT2D eigenvalue weighted by molar-refractivity contribution is 7.99. The zero-order valence-corrected chi connectivity index (χ0v) is 12.6. The van der Waals surface area contributed by atoms with E-state index < -0.39 is 0 Å². The number of rotatable bonds is 6. The van der Waals surface area contributed by atoms with Gasteiger partial charge < -0.3 is 15.8 Å². The van der Waals surface area contributed by atoms with Crippen molar-refractivity contribution in [3.63, 3.8) is 0 Å². The Morgan fingerprint density at radius 3 is 2.74 bits per heavy atom. The van der Waals surface area contributed by atoms with E-state index in [-0.39, 0.29) is 0 Å². The van der Waals surface area contributed by atoms with Gasteiger partial charge in [-0.3, -0.25) is 0 Å². The van der Waals surface area contributed by atoms with Gasteiger partial charge in [0.1, 0.15) is 10.8 Å². The van der Waals surface area contributed by atoms with Crippen molar-refractivity contribution < 1.29 is 4.74 Å². The molecule has 0 aliphatic rings. The highest BCUT2D eigenvalue weighted by atomic mass is 32.2. The highest BCUT2D eigenvalue weighted by Gasteiger charge is 2.09. The summed E-state index contributed by atoms with van der Waals surface area (Å²) >= 11 is 3.04. The van der Waals surface area contributed by atoms with Crippen molar-refractivity contribution >= 4 is 34.1 Å². The van der Waals surface area contributed by atoms with Crippen molar-refractivity contribution in [3.8, 4) is 5.75 Å². The summed E-state index contributed by atoms with van der Waals surface area (Å²) < 4.78 is 9.29. The average Bonchev–Trinajstić information content (AvgIpc) is 2.80.